The van der Waals surface area contributed by atoms with E-state index >= 15 is 0 Å². The zero-order valence-electron chi connectivity index (χ0n) is 9.54. The molecule has 0 atom stereocenters. The van der Waals surface area contributed by atoms with Crippen molar-refractivity contribution in [3.8, 4) is 0 Å². The van der Waals surface area contributed by atoms with Crippen LogP contribution in [-0.4, -0.2) is 18.1 Å². The molecule has 8 heteroatoms. The molecule has 0 amide bonds. The van der Waals surface area contributed by atoms with Crippen molar-refractivity contribution in [2.24, 2.45) is 0 Å². The van der Waals surface area contributed by atoms with Crippen molar-refractivity contribution in [2.75, 3.05) is 12.4 Å². The van der Waals surface area contributed by atoms with Crippen LogP contribution in [0.2, 0.25) is 10.2 Å². The lowest BCUT2D eigenvalue weighted by atomic mass is 10.3. The largest absolute Gasteiger partial charge is 0.465 e. The van der Waals surface area contributed by atoms with Gasteiger partial charge in [0.15, 0.2) is 15.2 Å². The van der Waals surface area contributed by atoms with E-state index in [0.717, 1.165) is 11.3 Å². The van der Waals surface area contributed by atoms with E-state index in [-0.39, 0.29) is 15.1 Å². The van der Waals surface area contributed by atoms with Gasteiger partial charge in [-0.1, -0.05) is 34.5 Å². The molecule has 1 heterocycles. The summed E-state index contributed by atoms with van der Waals surface area (Å²) in [7, 11) is 1.25. The first-order valence-electron chi connectivity index (χ1n) is 4.98. The summed E-state index contributed by atoms with van der Waals surface area (Å²) >= 11 is 12.4. The van der Waals surface area contributed by atoms with E-state index in [1.807, 2.05) is 0 Å². The second kappa shape index (κ2) is 5.73. The van der Waals surface area contributed by atoms with Crippen LogP contribution in [0.3, 0.4) is 0 Å². The lowest BCUT2D eigenvalue weighted by Gasteiger charge is -2.02. The third-order valence-corrected chi connectivity index (χ3v) is 3.77. The highest BCUT2D eigenvalue weighted by molar-refractivity contribution is 7.18. The van der Waals surface area contributed by atoms with Crippen molar-refractivity contribution in [1.29, 1.82) is 0 Å². The molecule has 0 aliphatic carbocycles. The highest BCUT2D eigenvalue weighted by Crippen LogP contribution is 2.30. The summed E-state index contributed by atoms with van der Waals surface area (Å²) in [6.45, 7) is 0. The molecule has 1 N–H and O–H groups in total. The average molecular weight is 321 g/mol. The summed E-state index contributed by atoms with van der Waals surface area (Å²) in [5.41, 5.74) is 0.448. The number of benzene rings is 1. The fourth-order valence-electron chi connectivity index (χ4n) is 1.27. The fourth-order valence-corrected chi connectivity index (χ4v) is 2.51. The number of hydrogen-bond donors (Lipinski definition) is 1. The van der Waals surface area contributed by atoms with E-state index in [1.54, 1.807) is 6.07 Å². The topological polar surface area (TPSA) is 51.2 Å². The number of carbonyl (C=O) groups excluding carboxylic acids is 1. The summed E-state index contributed by atoms with van der Waals surface area (Å²) in [6.07, 6.45) is 0. The first-order valence-corrected chi connectivity index (χ1v) is 6.55. The van der Waals surface area contributed by atoms with Crippen LogP contribution in [-0.2, 0) is 4.74 Å². The van der Waals surface area contributed by atoms with Crippen LogP contribution in [0.25, 0.3) is 0 Å². The van der Waals surface area contributed by atoms with Crippen LogP contribution in [0, 0.1) is 5.82 Å². The molecule has 2 rings (SSSR count). The van der Waals surface area contributed by atoms with E-state index in [1.165, 1.54) is 19.2 Å². The Kier molecular flexibility index (Phi) is 4.24. The highest BCUT2D eigenvalue weighted by atomic mass is 35.5. The van der Waals surface area contributed by atoms with Crippen molar-refractivity contribution in [2.45, 2.75) is 0 Å². The smallest absolute Gasteiger partial charge is 0.351 e. The quantitative estimate of drug-likeness (QED) is 0.864. The predicted octanol–water partition coefficient (Wildman–Crippen LogP) is 4.12. The van der Waals surface area contributed by atoms with Gasteiger partial charge in [0.1, 0.15) is 5.82 Å². The maximum Gasteiger partial charge on any atom is 0.351 e. The number of esters is 1. The van der Waals surface area contributed by atoms with Gasteiger partial charge in [-0.3, -0.25) is 0 Å². The molecule has 19 heavy (non-hydrogen) atoms. The van der Waals surface area contributed by atoms with E-state index in [0.29, 0.717) is 10.8 Å². The Bertz CT molecular complexity index is 633. The molecular weight excluding hydrogens is 314 g/mol. The lowest BCUT2D eigenvalue weighted by Crippen LogP contribution is -1.98. The van der Waals surface area contributed by atoms with Crippen molar-refractivity contribution >= 4 is 51.3 Å². The number of halogens is 3. The zero-order valence-corrected chi connectivity index (χ0v) is 11.9. The van der Waals surface area contributed by atoms with E-state index in [9.17, 15) is 9.18 Å². The lowest BCUT2D eigenvalue weighted by molar-refractivity contribution is 0.0606. The number of hydrogen-bond acceptors (Lipinski definition) is 5. The Hall–Kier alpha value is -1.37. The molecule has 0 aliphatic rings. The summed E-state index contributed by atoms with van der Waals surface area (Å²) in [5.74, 6) is -1.12. The van der Waals surface area contributed by atoms with Crippen LogP contribution in [0.5, 0.6) is 0 Å². The molecule has 0 fully saturated rings. The van der Waals surface area contributed by atoms with Gasteiger partial charge in [-0.25, -0.2) is 14.2 Å². The number of nitrogens with zero attached hydrogens (tertiary/aromatic N) is 1. The monoisotopic (exact) mass is 320 g/mol. The predicted molar refractivity (Wildman–Crippen MR) is 73.2 cm³/mol. The number of methoxy groups -OCH3 is 1. The van der Waals surface area contributed by atoms with E-state index in [2.05, 4.69) is 15.0 Å². The Morgan fingerprint density at radius 2 is 2.21 bits per heavy atom. The van der Waals surface area contributed by atoms with Crippen LogP contribution in [0.4, 0.5) is 15.2 Å². The van der Waals surface area contributed by atoms with Crippen molar-refractivity contribution in [1.82, 2.24) is 4.98 Å². The fraction of sp³-hybridized carbons (Fsp3) is 0.0909. The standard InChI is InChI=1S/C11H7Cl2FN2O2S/c1-18-10(17)8-9(13)16-11(19-8)15-5-2-3-6(12)7(14)4-5/h2-4H,1H3,(H,15,16). The maximum absolute atomic E-state index is 13.3. The van der Waals surface area contributed by atoms with Crippen LogP contribution >= 0.6 is 34.5 Å². The SMILES string of the molecule is COC(=O)c1sc(Nc2ccc(Cl)c(F)c2)nc1Cl. The van der Waals surface area contributed by atoms with Crippen LogP contribution in [0.1, 0.15) is 9.67 Å². The molecule has 0 radical (unpaired) electrons. The number of rotatable bonds is 3. The van der Waals surface area contributed by atoms with Gasteiger partial charge in [0, 0.05) is 5.69 Å². The molecule has 100 valence electrons. The summed E-state index contributed by atoms with van der Waals surface area (Å²) < 4.78 is 17.8. The Balaban J connectivity index is 2.24. The van der Waals surface area contributed by atoms with Gasteiger partial charge < -0.3 is 10.1 Å². The molecule has 1 aromatic heterocycles. The average Bonchev–Trinajstić information content (AvgIpc) is 2.74. The van der Waals surface area contributed by atoms with Gasteiger partial charge in [0.05, 0.1) is 12.1 Å². The van der Waals surface area contributed by atoms with Crippen LogP contribution < -0.4 is 5.32 Å². The van der Waals surface area contributed by atoms with Gasteiger partial charge in [-0.05, 0) is 18.2 Å². The van der Waals surface area contributed by atoms with Crippen molar-refractivity contribution < 1.29 is 13.9 Å². The summed E-state index contributed by atoms with van der Waals surface area (Å²) in [4.78, 5) is 15.5. The molecule has 0 unspecified atom stereocenters. The number of ether oxygens (including phenoxy) is 1. The van der Waals surface area contributed by atoms with Crippen molar-refractivity contribution in [3.63, 3.8) is 0 Å². The zero-order chi connectivity index (χ0) is 14.0. The summed E-state index contributed by atoms with van der Waals surface area (Å²) in [5, 5.41) is 3.24. The number of carbonyl (C=O) groups is 1. The van der Waals surface area contributed by atoms with Gasteiger partial charge in [-0.2, -0.15) is 0 Å². The van der Waals surface area contributed by atoms with Gasteiger partial charge in [0.2, 0.25) is 0 Å². The van der Waals surface area contributed by atoms with E-state index in [4.69, 9.17) is 23.2 Å². The summed E-state index contributed by atoms with van der Waals surface area (Å²) in [6, 6.07) is 4.21. The Morgan fingerprint density at radius 3 is 2.84 bits per heavy atom. The molecule has 0 saturated heterocycles. The van der Waals surface area contributed by atoms with Gasteiger partial charge >= 0.3 is 5.97 Å². The molecule has 4 nitrogen and oxygen atoms in total. The van der Waals surface area contributed by atoms with Crippen molar-refractivity contribution in [3.05, 3.63) is 39.1 Å². The molecule has 0 saturated carbocycles. The first-order chi connectivity index (χ1) is 9.01. The van der Waals surface area contributed by atoms with Gasteiger partial charge in [-0.15, -0.1) is 0 Å². The number of nitrogens with one attached hydrogen (secondary N) is 1. The minimum Gasteiger partial charge on any atom is -0.465 e. The molecule has 0 spiro atoms. The molecule has 0 aliphatic heterocycles. The maximum atomic E-state index is 13.3. The second-order valence-electron chi connectivity index (χ2n) is 3.38. The minimum atomic E-state index is -0.571. The number of thiazole rings is 1. The van der Waals surface area contributed by atoms with E-state index < -0.39 is 11.8 Å². The third kappa shape index (κ3) is 3.15. The highest BCUT2D eigenvalue weighted by Gasteiger charge is 2.17. The van der Waals surface area contributed by atoms with Crippen LogP contribution in [0.15, 0.2) is 18.2 Å². The minimum absolute atomic E-state index is 0.0259. The number of aromatic nitrogens is 1. The van der Waals surface area contributed by atoms with Gasteiger partial charge in [0.25, 0.3) is 0 Å². The normalized spacial score (nSPS) is 10.3. The Labute approximate surface area is 122 Å². The molecule has 1 aromatic carbocycles. The molecule has 0 bridgehead atoms. The number of anilines is 2. The Morgan fingerprint density at radius 1 is 1.47 bits per heavy atom. The molecule has 2 aromatic rings. The third-order valence-electron chi connectivity index (χ3n) is 2.13. The molecular formula is C11H7Cl2FN2O2S. The first kappa shape index (κ1) is 14.0. The second-order valence-corrected chi connectivity index (χ2v) is 5.15.